The van der Waals surface area contributed by atoms with E-state index in [9.17, 15) is 4.21 Å². The SMILES string of the molecule is CS(C)(=O)=Nc1ccc(N)cn1. The summed E-state index contributed by atoms with van der Waals surface area (Å²) >= 11 is 0. The Bertz CT molecular complexity index is 368. The predicted octanol–water partition coefficient (Wildman–Crippen LogP) is 1.02. The van der Waals surface area contributed by atoms with E-state index < -0.39 is 9.73 Å². The van der Waals surface area contributed by atoms with Gasteiger partial charge in [-0.05, 0) is 12.1 Å². The second-order valence-corrected chi connectivity index (χ2v) is 5.27. The third-order valence-corrected chi connectivity index (χ3v) is 1.71. The molecule has 0 fully saturated rings. The van der Waals surface area contributed by atoms with Crippen molar-refractivity contribution in [1.29, 1.82) is 0 Å². The number of rotatable bonds is 1. The molecule has 0 spiro atoms. The van der Waals surface area contributed by atoms with E-state index >= 15 is 0 Å². The van der Waals surface area contributed by atoms with Gasteiger partial charge in [0, 0.05) is 22.2 Å². The van der Waals surface area contributed by atoms with Crippen LogP contribution in [0.3, 0.4) is 0 Å². The first-order valence-corrected chi connectivity index (χ1v) is 5.69. The van der Waals surface area contributed by atoms with Crippen molar-refractivity contribution in [2.45, 2.75) is 0 Å². The summed E-state index contributed by atoms with van der Waals surface area (Å²) in [4.78, 5) is 3.89. The highest BCUT2D eigenvalue weighted by molar-refractivity contribution is 7.92. The van der Waals surface area contributed by atoms with Gasteiger partial charge in [-0.2, -0.15) is 4.36 Å². The van der Waals surface area contributed by atoms with Crippen LogP contribution in [0, 0.1) is 0 Å². The van der Waals surface area contributed by atoms with Crippen LogP contribution in [0.25, 0.3) is 0 Å². The molecule has 1 aromatic heterocycles. The lowest BCUT2D eigenvalue weighted by molar-refractivity contribution is 0.684. The van der Waals surface area contributed by atoms with E-state index in [0.29, 0.717) is 11.5 Å². The highest BCUT2D eigenvalue weighted by Crippen LogP contribution is 2.10. The molecule has 12 heavy (non-hydrogen) atoms. The van der Waals surface area contributed by atoms with E-state index in [1.54, 1.807) is 24.6 Å². The quantitative estimate of drug-likeness (QED) is 0.710. The fourth-order valence-corrected chi connectivity index (χ4v) is 1.24. The van der Waals surface area contributed by atoms with Crippen molar-refractivity contribution in [3.8, 4) is 0 Å². The minimum Gasteiger partial charge on any atom is -0.397 e. The molecule has 0 aromatic carbocycles. The zero-order valence-electron chi connectivity index (χ0n) is 7.02. The molecule has 5 heteroatoms. The van der Waals surface area contributed by atoms with Crippen molar-refractivity contribution < 1.29 is 4.21 Å². The summed E-state index contributed by atoms with van der Waals surface area (Å²) in [6, 6.07) is 3.32. The van der Waals surface area contributed by atoms with E-state index in [2.05, 4.69) is 9.35 Å². The predicted molar refractivity (Wildman–Crippen MR) is 50.7 cm³/mol. The fourth-order valence-electron chi connectivity index (χ4n) is 0.677. The molecule has 0 atom stereocenters. The van der Waals surface area contributed by atoms with Gasteiger partial charge in [-0.3, -0.25) is 0 Å². The van der Waals surface area contributed by atoms with Gasteiger partial charge in [0.1, 0.15) is 0 Å². The average molecular weight is 185 g/mol. The second kappa shape index (κ2) is 3.10. The van der Waals surface area contributed by atoms with Crippen molar-refractivity contribution in [1.82, 2.24) is 4.98 Å². The molecule has 0 saturated heterocycles. The zero-order chi connectivity index (χ0) is 9.19. The van der Waals surface area contributed by atoms with Gasteiger partial charge in [0.15, 0.2) is 5.82 Å². The van der Waals surface area contributed by atoms with Crippen LogP contribution in [0.1, 0.15) is 0 Å². The summed E-state index contributed by atoms with van der Waals surface area (Å²) in [5, 5.41) is 0. The maximum atomic E-state index is 11.2. The summed E-state index contributed by atoms with van der Waals surface area (Å²) in [6.45, 7) is 0. The molecule has 4 nitrogen and oxygen atoms in total. The van der Waals surface area contributed by atoms with Crippen molar-refractivity contribution in [3.05, 3.63) is 18.3 Å². The van der Waals surface area contributed by atoms with Gasteiger partial charge in [-0.15, -0.1) is 0 Å². The molecule has 0 bridgehead atoms. The van der Waals surface area contributed by atoms with E-state index in [-0.39, 0.29) is 0 Å². The normalized spacial score (nSPS) is 11.2. The van der Waals surface area contributed by atoms with Crippen molar-refractivity contribution >= 4 is 21.2 Å². The molecule has 1 heterocycles. The van der Waals surface area contributed by atoms with E-state index in [1.165, 1.54) is 6.20 Å². The Morgan fingerprint density at radius 1 is 1.50 bits per heavy atom. The minimum atomic E-state index is -2.12. The van der Waals surface area contributed by atoms with Gasteiger partial charge < -0.3 is 5.73 Å². The van der Waals surface area contributed by atoms with Crippen molar-refractivity contribution in [2.75, 3.05) is 18.2 Å². The topological polar surface area (TPSA) is 68.3 Å². The Morgan fingerprint density at radius 2 is 2.17 bits per heavy atom. The van der Waals surface area contributed by atoms with Crippen LogP contribution in [0.15, 0.2) is 22.7 Å². The van der Waals surface area contributed by atoms with E-state index in [4.69, 9.17) is 5.73 Å². The molecule has 0 saturated carbocycles. The number of hydrogen-bond donors (Lipinski definition) is 1. The van der Waals surface area contributed by atoms with Gasteiger partial charge in [-0.1, -0.05) is 0 Å². The van der Waals surface area contributed by atoms with Crippen molar-refractivity contribution in [3.63, 3.8) is 0 Å². The monoisotopic (exact) mass is 185 g/mol. The fraction of sp³-hybridized carbons (Fsp3) is 0.286. The second-order valence-electron chi connectivity index (χ2n) is 2.72. The van der Waals surface area contributed by atoms with Gasteiger partial charge in [-0.25, -0.2) is 9.19 Å². The van der Waals surface area contributed by atoms with Gasteiger partial charge >= 0.3 is 0 Å². The molecule has 0 aliphatic heterocycles. The van der Waals surface area contributed by atoms with Crippen LogP contribution in [0.5, 0.6) is 0 Å². The van der Waals surface area contributed by atoms with Crippen LogP contribution < -0.4 is 5.73 Å². The lowest BCUT2D eigenvalue weighted by Gasteiger charge is -1.95. The molecule has 0 unspecified atom stereocenters. The number of nitrogens with zero attached hydrogens (tertiary/aromatic N) is 2. The lowest BCUT2D eigenvalue weighted by Crippen LogP contribution is -1.90. The van der Waals surface area contributed by atoms with Crippen LogP contribution in [0.4, 0.5) is 11.5 Å². The van der Waals surface area contributed by atoms with Gasteiger partial charge in [0.25, 0.3) is 0 Å². The Hall–Kier alpha value is -1.10. The van der Waals surface area contributed by atoms with Crippen LogP contribution >= 0.6 is 0 Å². The molecule has 0 aliphatic carbocycles. The van der Waals surface area contributed by atoms with E-state index in [1.807, 2.05) is 0 Å². The van der Waals surface area contributed by atoms with Crippen LogP contribution in [-0.4, -0.2) is 21.7 Å². The standard InChI is InChI=1S/C7H11N3OS/c1-12(2,11)10-7-4-3-6(8)5-9-7/h3-5H,8H2,1-2H3. The first-order chi connectivity index (χ1) is 5.47. The molecular formula is C7H11N3OS. The maximum absolute atomic E-state index is 11.2. The number of pyridine rings is 1. The molecule has 0 aliphatic rings. The molecule has 0 amide bonds. The summed E-state index contributed by atoms with van der Waals surface area (Å²) in [5.41, 5.74) is 5.99. The summed E-state index contributed by atoms with van der Waals surface area (Å²) < 4.78 is 15.1. The van der Waals surface area contributed by atoms with Crippen LogP contribution in [0.2, 0.25) is 0 Å². The van der Waals surface area contributed by atoms with Crippen molar-refractivity contribution in [2.24, 2.45) is 4.36 Å². The van der Waals surface area contributed by atoms with Gasteiger partial charge in [0.2, 0.25) is 0 Å². The number of hydrogen-bond acceptors (Lipinski definition) is 4. The smallest absolute Gasteiger partial charge is 0.161 e. The zero-order valence-corrected chi connectivity index (χ0v) is 7.84. The van der Waals surface area contributed by atoms with Gasteiger partial charge in [0.05, 0.1) is 11.9 Å². The Kier molecular flexibility index (Phi) is 2.32. The first kappa shape index (κ1) is 8.99. The summed E-state index contributed by atoms with van der Waals surface area (Å²) in [6.07, 6.45) is 4.61. The first-order valence-electron chi connectivity index (χ1n) is 3.36. The Balaban J connectivity index is 3.08. The number of nitrogens with two attached hydrogens (primary N) is 1. The molecule has 1 rings (SSSR count). The molecule has 66 valence electrons. The average Bonchev–Trinajstić information content (AvgIpc) is 1.91. The summed E-state index contributed by atoms with van der Waals surface area (Å²) in [5.74, 6) is 0.458. The number of anilines is 1. The highest BCUT2D eigenvalue weighted by Gasteiger charge is 1.93. The lowest BCUT2D eigenvalue weighted by atomic mass is 10.4. The number of aromatic nitrogens is 1. The summed E-state index contributed by atoms with van der Waals surface area (Å²) in [7, 11) is -2.12. The molecule has 0 radical (unpaired) electrons. The third-order valence-electron chi connectivity index (χ3n) is 1.08. The maximum Gasteiger partial charge on any atom is 0.161 e. The molecular weight excluding hydrogens is 174 g/mol. The third kappa shape index (κ3) is 2.87. The Morgan fingerprint density at radius 3 is 2.58 bits per heavy atom. The Labute approximate surface area is 72.0 Å². The largest absolute Gasteiger partial charge is 0.397 e. The van der Waals surface area contributed by atoms with Crippen LogP contribution in [-0.2, 0) is 9.73 Å². The van der Waals surface area contributed by atoms with E-state index in [0.717, 1.165) is 0 Å². The minimum absolute atomic E-state index is 0.458. The molecule has 2 N–H and O–H groups in total. The number of nitrogen functional groups attached to an aromatic ring is 1. The highest BCUT2D eigenvalue weighted by atomic mass is 32.2. The molecule has 1 aromatic rings.